The molecule has 1 heterocycles. The van der Waals surface area contributed by atoms with Gasteiger partial charge in [-0.05, 0) is 31.7 Å². The first-order valence-electron chi connectivity index (χ1n) is 6.10. The molecule has 0 spiro atoms. The van der Waals surface area contributed by atoms with Crippen molar-refractivity contribution < 1.29 is 13.2 Å². The van der Waals surface area contributed by atoms with Crippen LogP contribution in [0.15, 0.2) is 16.6 Å². The minimum Gasteiger partial charge on any atom is -0.368 e. The number of benzene rings is 1. The highest BCUT2D eigenvalue weighted by Gasteiger charge is 2.36. The van der Waals surface area contributed by atoms with Crippen LogP contribution in [0.2, 0.25) is 0 Å². The van der Waals surface area contributed by atoms with Gasteiger partial charge in [-0.15, -0.1) is 0 Å². The van der Waals surface area contributed by atoms with Crippen LogP contribution in [0.5, 0.6) is 0 Å². The van der Waals surface area contributed by atoms with Crippen molar-refractivity contribution in [2.75, 3.05) is 38.1 Å². The zero-order chi connectivity index (χ0) is 14.2. The summed E-state index contributed by atoms with van der Waals surface area (Å²) in [6, 6.07) is 2.91. The molecule has 1 aromatic rings. The number of rotatable bonds is 1. The molecule has 0 N–H and O–H groups in total. The summed E-state index contributed by atoms with van der Waals surface area (Å²) in [4.78, 5) is 3.96. The standard InChI is InChI=1S/C13H16BrF3N2/c1-9-7-10(14)8-11(13(15,16)17)12(9)19-5-3-18(2)4-6-19/h7-8H,3-6H2,1-2H3. The van der Waals surface area contributed by atoms with E-state index in [-0.39, 0.29) is 0 Å². The first-order chi connectivity index (χ1) is 8.79. The average molecular weight is 337 g/mol. The first-order valence-corrected chi connectivity index (χ1v) is 6.89. The summed E-state index contributed by atoms with van der Waals surface area (Å²) >= 11 is 3.15. The minimum absolute atomic E-state index is 0.323. The third kappa shape index (κ3) is 3.23. The lowest BCUT2D eigenvalue weighted by Gasteiger charge is -2.36. The molecule has 106 valence electrons. The molecule has 1 aromatic carbocycles. The zero-order valence-corrected chi connectivity index (χ0v) is 12.5. The van der Waals surface area contributed by atoms with Gasteiger partial charge in [-0.25, -0.2) is 0 Å². The van der Waals surface area contributed by atoms with Crippen molar-refractivity contribution in [3.8, 4) is 0 Å². The molecule has 0 aliphatic carbocycles. The SMILES string of the molecule is Cc1cc(Br)cc(C(F)(F)F)c1N1CCN(C)CC1. The van der Waals surface area contributed by atoms with Gasteiger partial charge in [0.05, 0.1) is 11.3 Å². The smallest absolute Gasteiger partial charge is 0.368 e. The molecule has 6 heteroatoms. The molecule has 1 aliphatic heterocycles. The molecule has 0 atom stereocenters. The molecule has 0 bridgehead atoms. The molecule has 0 radical (unpaired) electrons. The summed E-state index contributed by atoms with van der Waals surface area (Å²) in [6.07, 6.45) is -4.33. The molecule has 0 unspecified atom stereocenters. The van der Waals surface area contributed by atoms with Crippen molar-refractivity contribution in [2.45, 2.75) is 13.1 Å². The van der Waals surface area contributed by atoms with Crippen molar-refractivity contribution in [1.82, 2.24) is 4.90 Å². The van der Waals surface area contributed by atoms with Crippen LogP contribution in [0.25, 0.3) is 0 Å². The minimum atomic E-state index is -4.33. The second-order valence-electron chi connectivity index (χ2n) is 4.91. The summed E-state index contributed by atoms with van der Waals surface area (Å²) in [5, 5.41) is 0. The summed E-state index contributed by atoms with van der Waals surface area (Å²) in [6.45, 7) is 4.55. The lowest BCUT2D eigenvalue weighted by atomic mass is 10.1. The number of hydrogen-bond donors (Lipinski definition) is 0. The van der Waals surface area contributed by atoms with Crippen molar-refractivity contribution in [3.05, 3.63) is 27.7 Å². The van der Waals surface area contributed by atoms with E-state index in [1.165, 1.54) is 6.07 Å². The number of aryl methyl sites for hydroxylation is 1. The Bertz CT molecular complexity index is 466. The van der Waals surface area contributed by atoms with Gasteiger partial charge < -0.3 is 9.80 Å². The van der Waals surface area contributed by atoms with Gasteiger partial charge in [-0.2, -0.15) is 13.2 Å². The molecule has 0 amide bonds. The Labute approximate surface area is 119 Å². The second kappa shape index (κ2) is 5.32. The van der Waals surface area contributed by atoms with Crippen molar-refractivity contribution in [1.29, 1.82) is 0 Å². The summed E-state index contributed by atoms with van der Waals surface area (Å²) < 4.78 is 40.0. The number of likely N-dealkylation sites (N-methyl/N-ethyl adjacent to an activating group) is 1. The van der Waals surface area contributed by atoms with Crippen molar-refractivity contribution in [3.63, 3.8) is 0 Å². The van der Waals surface area contributed by atoms with Crippen molar-refractivity contribution in [2.24, 2.45) is 0 Å². The van der Waals surface area contributed by atoms with Crippen LogP contribution in [0.4, 0.5) is 18.9 Å². The molecular weight excluding hydrogens is 321 g/mol. The van der Waals surface area contributed by atoms with Crippen LogP contribution in [-0.2, 0) is 6.18 Å². The fraction of sp³-hybridized carbons (Fsp3) is 0.538. The second-order valence-corrected chi connectivity index (χ2v) is 5.82. The summed E-state index contributed by atoms with van der Waals surface area (Å²) in [7, 11) is 1.98. The number of piperazine rings is 1. The highest BCUT2D eigenvalue weighted by molar-refractivity contribution is 9.10. The lowest BCUT2D eigenvalue weighted by molar-refractivity contribution is -0.137. The fourth-order valence-corrected chi connectivity index (χ4v) is 2.97. The largest absolute Gasteiger partial charge is 0.418 e. The van der Waals surface area contributed by atoms with Crippen LogP contribution in [-0.4, -0.2) is 38.1 Å². The lowest BCUT2D eigenvalue weighted by Crippen LogP contribution is -2.45. The van der Waals surface area contributed by atoms with Crippen LogP contribution in [0.3, 0.4) is 0 Å². The maximum absolute atomic E-state index is 13.2. The van der Waals surface area contributed by atoms with Crippen molar-refractivity contribution >= 4 is 21.6 Å². The van der Waals surface area contributed by atoms with Gasteiger partial charge in [-0.1, -0.05) is 15.9 Å². The first kappa shape index (κ1) is 14.7. The molecule has 1 aliphatic rings. The van der Waals surface area contributed by atoms with E-state index in [0.29, 0.717) is 28.8 Å². The Balaban J connectivity index is 2.44. The van der Waals surface area contributed by atoms with E-state index in [4.69, 9.17) is 0 Å². The van der Waals surface area contributed by atoms with E-state index in [2.05, 4.69) is 20.8 Å². The Morgan fingerprint density at radius 3 is 2.21 bits per heavy atom. The number of hydrogen-bond acceptors (Lipinski definition) is 2. The van der Waals surface area contributed by atoms with E-state index in [1.807, 2.05) is 11.9 Å². The Morgan fingerprint density at radius 1 is 1.11 bits per heavy atom. The monoisotopic (exact) mass is 336 g/mol. The molecular formula is C13H16BrF3N2. The third-order valence-corrected chi connectivity index (χ3v) is 3.85. The van der Waals surface area contributed by atoms with Gasteiger partial charge in [0.1, 0.15) is 0 Å². The van der Waals surface area contributed by atoms with Crippen LogP contribution < -0.4 is 4.90 Å². The molecule has 1 saturated heterocycles. The van der Waals surface area contributed by atoms with Gasteiger partial charge in [0.2, 0.25) is 0 Å². The topological polar surface area (TPSA) is 6.48 Å². The molecule has 2 rings (SSSR count). The number of anilines is 1. The van der Waals surface area contributed by atoms with Crippen LogP contribution in [0, 0.1) is 6.92 Å². The molecule has 0 aromatic heterocycles. The normalized spacial score (nSPS) is 17.9. The fourth-order valence-electron chi connectivity index (χ4n) is 2.40. The quantitative estimate of drug-likeness (QED) is 0.774. The van der Waals surface area contributed by atoms with Gasteiger partial charge in [0, 0.05) is 30.7 Å². The van der Waals surface area contributed by atoms with Crippen LogP contribution in [0.1, 0.15) is 11.1 Å². The number of halogens is 4. The van der Waals surface area contributed by atoms with E-state index in [1.54, 1.807) is 13.0 Å². The molecule has 0 saturated carbocycles. The van der Waals surface area contributed by atoms with Gasteiger partial charge >= 0.3 is 6.18 Å². The number of alkyl halides is 3. The van der Waals surface area contributed by atoms with Gasteiger partial charge in [0.25, 0.3) is 0 Å². The predicted octanol–water partition coefficient (Wildman–Crippen LogP) is 3.53. The van der Waals surface area contributed by atoms with Gasteiger partial charge in [0.15, 0.2) is 0 Å². The molecule has 1 fully saturated rings. The van der Waals surface area contributed by atoms with Gasteiger partial charge in [-0.3, -0.25) is 0 Å². The van der Waals surface area contributed by atoms with E-state index in [0.717, 1.165) is 13.1 Å². The van der Waals surface area contributed by atoms with E-state index >= 15 is 0 Å². The summed E-state index contributed by atoms with van der Waals surface area (Å²) in [5.41, 5.74) is 0.430. The zero-order valence-electron chi connectivity index (χ0n) is 10.9. The molecule has 2 nitrogen and oxygen atoms in total. The Hall–Kier alpha value is -0.750. The van der Waals surface area contributed by atoms with E-state index in [9.17, 15) is 13.2 Å². The molecule has 19 heavy (non-hydrogen) atoms. The Morgan fingerprint density at radius 2 is 1.68 bits per heavy atom. The number of nitrogens with zero attached hydrogens (tertiary/aromatic N) is 2. The maximum atomic E-state index is 13.2. The maximum Gasteiger partial charge on any atom is 0.418 e. The predicted molar refractivity (Wildman–Crippen MR) is 73.6 cm³/mol. The average Bonchev–Trinajstić information content (AvgIpc) is 2.28. The highest BCUT2D eigenvalue weighted by Crippen LogP contribution is 2.40. The third-order valence-electron chi connectivity index (χ3n) is 3.39. The van der Waals surface area contributed by atoms with Crippen LogP contribution >= 0.6 is 15.9 Å². The Kier molecular flexibility index (Phi) is 4.11. The summed E-state index contributed by atoms with van der Waals surface area (Å²) in [5.74, 6) is 0. The highest BCUT2D eigenvalue weighted by atomic mass is 79.9. The van der Waals surface area contributed by atoms with E-state index < -0.39 is 11.7 Å².